The molecule has 0 bridgehead atoms. The summed E-state index contributed by atoms with van der Waals surface area (Å²) >= 11 is 0. The number of aromatic amines is 1. The van der Waals surface area contributed by atoms with Gasteiger partial charge < -0.3 is 19.4 Å². The zero-order valence-electron chi connectivity index (χ0n) is 18.4. The van der Waals surface area contributed by atoms with E-state index in [1.165, 1.54) is 0 Å². The van der Waals surface area contributed by atoms with E-state index in [2.05, 4.69) is 19.5 Å². The summed E-state index contributed by atoms with van der Waals surface area (Å²) in [7, 11) is 1.61. The largest absolute Gasteiger partial charge is 0.496 e. The second-order valence-corrected chi connectivity index (χ2v) is 8.35. The maximum Gasteiger partial charge on any atom is 0.280 e. The molecular weight excluding hydrogens is 416 g/mol. The van der Waals surface area contributed by atoms with Crippen molar-refractivity contribution >= 4 is 16.9 Å². The van der Waals surface area contributed by atoms with Crippen molar-refractivity contribution < 1.29 is 14.6 Å². The Morgan fingerprint density at radius 2 is 1.85 bits per heavy atom. The monoisotopic (exact) mass is 442 g/mol. The van der Waals surface area contributed by atoms with Crippen LogP contribution in [0.15, 0.2) is 71.9 Å². The third-order valence-electron chi connectivity index (χ3n) is 6.27. The Bertz CT molecular complexity index is 1360. The van der Waals surface area contributed by atoms with E-state index in [1.54, 1.807) is 25.4 Å². The summed E-state index contributed by atoms with van der Waals surface area (Å²) in [5, 5.41) is 9.95. The molecule has 1 saturated carbocycles. The summed E-state index contributed by atoms with van der Waals surface area (Å²) in [6, 6.07) is 19.1. The Balaban J connectivity index is 1.56. The number of pyridine rings is 1. The van der Waals surface area contributed by atoms with Gasteiger partial charge in [0.15, 0.2) is 0 Å². The summed E-state index contributed by atoms with van der Waals surface area (Å²) in [5.41, 5.74) is 4.39. The molecule has 0 unspecified atom stereocenters. The number of imidazole rings is 1. The van der Waals surface area contributed by atoms with Gasteiger partial charge in [-0.1, -0.05) is 24.3 Å². The van der Waals surface area contributed by atoms with E-state index in [0.717, 1.165) is 42.3 Å². The van der Waals surface area contributed by atoms with E-state index < -0.39 is 0 Å². The summed E-state index contributed by atoms with van der Waals surface area (Å²) in [6.07, 6.45) is 4.55. The average molecular weight is 443 g/mol. The molecule has 0 aliphatic heterocycles. The number of nitrogens with one attached hydrogen (secondary N) is 1. The maximum absolute atomic E-state index is 13.2. The van der Waals surface area contributed by atoms with E-state index >= 15 is 0 Å². The number of carbonyl (C=O) groups is 1. The van der Waals surface area contributed by atoms with Gasteiger partial charge in [-0.3, -0.25) is 9.78 Å². The van der Waals surface area contributed by atoms with Crippen LogP contribution in [0.5, 0.6) is 5.75 Å². The molecule has 0 saturated heterocycles. The van der Waals surface area contributed by atoms with Gasteiger partial charge in [-0.25, -0.2) is 0 Å². The summed E-state index contributed by atoms with van der Waals surface area (Å²) in [4.78, 5) is 25.4. The molecule has 168 valence electrons. The zero-order valence-corrected chi connectivity index (χ0v) is 18.4. The van der Waals surface area contributed by atoms with Gasteiger partial charge in [0.1, 0.15) is 5.75 Å². The second kappa shape index (κ2) is 9.03. The third-order valence-corrected chi connectivity index (χ3v) is 6.27. The second-order valence-electron chi connectivity index (χ2n) is 8.35. The molecule has 0 atom stereocenters. The number of methoxy groups -OCH3 is 1. The first-order chi connectivity index (χ1) is 16.1. The van der Waals surface area contributed by atoms with Crippen LogP contribution in [0.25, 0.3) is 22.3 Å². The predicted octanol–water partition coefficient (Wildman–Crippen LogP) is 4.26. The van der Waals surface area contributed by atoms with Crippen molar-refractivity contribution in [3.05, 3.63) is 78.0 Å². The molecule has 2 N–H and O–H groups in total. The SMILES string of the molecule is COc1ccccc1-c1cc(C(=O)/N=c2\[nH]c3ccccc3n2[C@H]2CC[C@@H](O)CC2)ccn1. The van der Waals surface area contributed by atoms with E-state index in [0.29, 0.717) is 22.6 Å². The number of carbonyl (C=O) groups excluding carboxylic acids is 1. The first kappa shape index (κ1) is 21.2. The lowest BCUT2D eigenvalue weighted by molar-refractivity contribution is 0.0990. The molecule has 1 fully saturated rings. The van der Waals surface area contributed by atoms with Gasteiger partial charge in [0.25, 0.3) is 5.91 Å². The maximum atomic E-state index is 13.2. The van der Waals surface area contributed by atoms with Gasteiger partial charge in [-0.15, -0.1) is 0 Å². The quantitative estimate of drug-likeness (QED) is 0.494. The average Bonchev–Trinajstić information content (AvgIpc) is 3.22. The smallest absolute Gasteiger partial charge is 0.280 e. The van der Waals surface area contributed by atoms with Crippen LogP contribution < -0.4 is 10.4 Å². The summed E-state index contributed by atoms with van der Waals surface area (Å²) in [6.45, 7) is 0. The van der Waals surface area contributed by atoms with Crippen molar-refractivity contribution in [2.75, 3.05) is 7.11 Å². The number of nitrogens with zero attached hydrogens (tertiary/aromatic N) is 3. The number of ether oxygens (including phenoxy) is 1. The number of H-pyrrole nitrogens is 1. The fourth-order valence-corrected chi connectivity index (χ4v) is 4.58. The number of aliphatic hydroxyl groups excluding tert-OH is 1. The number of hydrogen-bond donors (Lipinski definition) is 2. The molecule has 2 heterocycles. The zero-order chi connectivity index (χ0) is 22.8. The van der Waals surface area contributed by atoms with E-state index in [1.807, 2.05) is 48.5 Å². The molecule has 7 nitrogen and oxygen atoms in total. The van der Waals surface area contributed by atoms with Crippen molar-refractivity contribution in [3.8, 4) is 17.0 Å². The Morgan fingerprint density at radius 3 is 2.67 bits per heavy atom. The Morgan fingerprint density at radius 1 is 1.09 bits per heavy atom. The van der Waals surface area contributed by atoms with Crippen LogP contribution in [0.2, 0.25) is 0 Å². The lowest BCUT2D eigenvalue weighted by Crippen LogP contribution is -2.29. The highest BCUT2D eigenvalue weighted by atomic mass is 16.5. The standard InChI is InChI=1S/C26H26N4O3/c1-33-24-9-5-2-6-20(24)22-16-17(14-15-27-22)25(32)29-26-28-21-7-3-4-8-23(21)30(26)18-10-12-19(31)13-11-18/h2-9,14-16,18-19,31H,10-13H2,1H3,(H,28,29,32)/t18-,19+. The number of para-hydroxylation sites is 3. The van der Waals surface area contributed by atoms with Crippen molar-refractivity contribution in [3.63, 3.8) is 0 Å². The molecule has 1 aliphatic rings. The van der Waals surface area contributed by atoms with Crippen LogP contribution in [-0.4, -0.2) is 38.8 Å². The fraction of sp³-hybridized carbons (Fsp3) is 0.269. The van der Waals surface area contributed by atoms with Crippen LogP contribution in [-0.2, 0) is 0 Å². The molecule has 33 heavy (non-hydrogen) atoms. The van der Waals surface area contributed by atoms with Gasteiger partial charge in [0.05, 0.1) is 29.9 Å². The van der Waals surface area contributed by atoms with E-state index in [4.69, 9.17) is 4.74 Å². The molecule has 0 radical (unpaired) electrons. The van der Waals surface area contributed by atoms with Crippen molar-refractivity contribution in [1.29, 1.82) is 0 Å². The third kappa shape index (κ3) is 4.19. The number of hydrogen-bond acceptors (Lipinski definition) is 4. The molecule has 0 spiro atoms. The molecule has 5 rings (SSSR count). The Hall–Kier alpha value is -3.71. The van der Waals surface area contributed by atoms with E-state index in [9.17, 15) is 9.90 Å². The number of benzene rings is 2. The Labute approximate surface area is 191 Å². The molecular formula is C26H26N4O3. The topological polar surface area (TPSA) is 92.5 Å². The summed E-state index contributed by atoms with van der Waals surface area (Å²) < 4.78 is 7.56. The van der Waals surface area contributed by atoms with Gasteiger partial charge >= 0.3 is 0 Å². The number of fused-ring (bicyclic) bond motifs is 1. The van der Waals surface area contributed by atoms with Crippen LogP contribution in [0.1, 0.15) is 42.1 Å². The minimum atomic E-state index is -0.343. The van der Waals surface area contributed by atoms with Gasteiger partial charge in [0.2, 0.25) is 5.62 Å². The van der Waals surface area contributed by atoms with E-state index in [-0.39, 0.29) is 18.1 Å². The fourth-order valence-electron chi connectivity index (χ4n) is 4.58. The number of amides is 1. The van der Waals surface area contributed by atoms with Crippen molar-refractivity contribution in [2.24, 2.45) is 4.99 Å². The van der Waals surface area contributed by atoms with Gasteiger partial charge in [-0.05, 0) is 62.1 Å². The minimum Gasteiger partial charge on any atom is -0.496 e. The lowest BCUT2D eigenvalue weighted by Gasteiger charge is -2.27. The van der Waals surface area contributed by atoms with Gasteiger partial charge in [-0.2, -0.15) is 4.99 Å². The molecule has 1 amide bonds. The van der Waals surface area contributed by atoms with Crippen LogP contribution >= 0.6 is 0 Å². The highest BCUT2D eigenvalue weighted by Gasteiger charge is 2.23. The predicted molar refractivity (Wildman–Crippen MR) is 126 cm³/mol. The van der Waals surface area contributed by atoms with Crippen LogP contribution in [0.3, 0.4) is 0 Å². The highest BCUT2D eigenvalue weighted by molar-refractivity contribution is 5.96. The molecule has 2 aromatic carbocycles. The first-order valence-corrected chi connectivity index (χ1v) is 11.2. The van der Waals surface area contributed by atoms with Crippen LogP contribution in [0, 0.1) is 0 Å². The normalized spacial score (nSPS) is 19.0. The molecule has 1 aliphatic carbocycles. The van der Waals surface area contributed by atoms with Crippen molar-refractivity contribution in [1.82, 2.24) is 14.5 Å². The van der Waals surface area contributed by atoms with Crippen molar-refractivity contribution in [2.45, 2.75) is 37.8 Å². The molecule has 2 aromatic heterocycles. The minimum absolute atomic E-state index is 0.178. The number of rotatable bonds is 4. The lowest BCUT2D eigenvalue weighted by atomic mass is 9.93. The number of aromatic nitrogens is 3. The first-order valence-electron chi connectivity index (χ1n) is 11.2. The number of aliphatic hydroxyl groups is 1. The van der Waals surface area contributed by atoms with Gasteiger partial charge in [0, 0.05) is 23.4 Å². The summed E-state index contributed by atoms with van der Waals surface area (Å²) in [5.74, 6) is 0.351. The highest BCUT2D eigenvalue weighted by Crippen LogP contribution is 2.30. The Kier molecular flexibility index (Phi) is 5.79. The molecule has 4 aromatic rings. The molecule has 7 heteroatoms. The van der Waals surface area contributed by atoms with Crippen LogP contribution in [0.4, 0.5) is 0 Å².